The number of amides is 1. The molecule has 0 aliphatic rings. The first-order valence-corrected chi connectivity index (χ1v) is 8.86. The van der Waals surface area contributed by atoms with Gasteiger partial charge in [-0.05, 0) is 24.1 Å². The maximum Gasteiger partial charge on any atom is 0.233 e. The molecule has 0 aliphatic heterocycles. The summed E-state index contributed by atoms with van der Waals surface area (Å²) < 4.78 is 5.23. The van der Waals surface area contributed by atoms with Gasteiger partial charge >= 0.3 is 0 Å². The Bertz CT molecular complexity index is 849. The Morgan fingerprint density at radius 1 is 1.16 bits per heavy atom. The van der Waals surface area contributed by atoms with Crippen molar-refractivity contribution in [1.29, 1.82) is 0 Å². The highest BCUT2D eigenvalue weighted by Gasteiger charge is 2.20. The Morgan fingerprint density at radius 2 is 1.96 bits per heavy atom. The van der Waals surface area contributed by atoms with E-state index in [0.717, 1.165) is 28.3 Å². The number of hydrogen-bond donors (Lipinski definition) is 1. The van der Waals surface area contributed by atoms with Gasteiger partial charge < -0.3 is 4.74 Å². The van der Waals surface area contributed by atoms with Crippen LogP contribution in [0.4, 0.5) is 5.13 Å². The van der Waals surface area contributed by atoms with Crippen LogP contribution in [0.25, 0.3) is 10.6 Å². The minimum Gasteiger partial charge on any atom is -0.497 e. The van der Waals surface area contributed by atoms with Gasteiger partial charge in [0.25, 0.3) is 0 Å². The van der Waals surface area contributed by atoms with Crippen molar-refractivity contribution in [3.63, 3.8) is 0 Å². The minimum absolute atomic E-state index is 0.0676. The summed E-state index contributed by atoms with van der Waals surface area (Å²) in [6, 6.07) is 17.4. The fraction of sp³-hybridized carbons (Fsp3) is 0.211. The van der Waals surface area contributed by atoms with Gasteiger partial charge in [-0.25, -0.2) is 0 Å². The molecule has 2 aromatic carbocycles. The molecule has 3 rings (SSSR count). The Hall–Kier alpha value is -2.73. The molecule has 1 amide bonds. The van der Waals surface area contributed by atoms with E-state index in [9.17, 15) is 4.79 Å². The van der Waals surface area contributed by atoms with E-state index in [4.69, 9.17) is 4.74 Å². The molecule has 1 N–H and O–H groups in total. The number of benzene rings is 2. The lowest BCUT2D eigenvalue weighted by Gasteiger charge is -2.13. The lowest BCUT2D eigenvalue weighted by atomic mass is 9.96. The van der Waals surface area contributed by atoms with Crippen LogP contribution in [-0.4, -0.2) is 23.2 Å². The van der Waals surface area contributed by atoms with Crippen molar-refractivity contribution in [1.82, 2.24) is 10.2 Å². The topological polar surface area (TPSA) is 64.1 Å². The molecule has 3 aromatic rings. The monoisotopic (exact) mass is 353 g/mol. The standard InChI is InChI=1S/C19H19N3O2S/c1-3-16(13-8-5-4-6-9-13)17(23)20-19-22-21-18(25-19)14-10-7-11-15(12-14)24-2/h4-12,16H,3H2,1-2H3,(H,20,22,23). The molecule has 0 spiro atoms. The molecule has 0 saturated carbocycles. The Labute approximate surface area is 150 Å². The molecule has 1 unspecified atom stereocenters. The summed E-state index contributed by atoms with van der Waals surface area (Å²) in [5.41, 5.74) is 1.91. The molecule has 6 heteroatoms. The van der Waals surface area contributed by atoms with Crippen LogP contribution in [0.5, 0.6) is 5.75 Å². The first-order chi connectivity index (χ1) is 12.2. The van der Waals surface area contributed by atoms with Crippen LogP contribution in [0.15, 0.2) is 54.6 Å². The van der Waals surface area contributed by atoms with Gasteiger partial charge in [0.2, 0.25) is 11.0 Å². The average Bonchev–Trinajstić information content (AvgIpc) is 3.12. The van der Waals surface area contributed by atoms with E-state index in [1.54, 1.807) is 7.11 Å². The zero-order valence-corrected chi connectivity index (χ0v) is 14.9. The van der Waals surface area contributed by atoms with Crippen molar-refractivity contribution in [2.45, 2.75) is 19.3 Å². The SMILES string of the molecule is CCC(C(=O)Nc1nnc(-c2cccc(OC)c2)s1)c1ccccc1. The number of nitrogens with one attached hydrogen (secondary N) is 1. The lowest BCUT2D eigenvalue weighted by molar-refractivity contribution is -0.117. The predicted molar refractivity (Wildman–Crippen MR) is 100 cm³/mol. The summed E-state index contributed by atoms with van der Waals surface area (Å²) in [7, 11) is 1.62. The number of carbonyl (C=O) groups excluding carboxylic acids is 1. The maximum absolute atomic E-state index is 12.6. The van der Waals surface area contributed by atoms with Crippen molar-refractivity contribution < 1.29 is 9.53 Å². The highest BCUT2D eigenvalue weighted by molar-refractivity contribution is 7.18. The third-order valence-electron chi connectivity index (χ3n) is 3.90. The van der Waals surface area contributed by atoms with Gasteiger partial charge in [-0.2, -0.15) is 0 Å². The summed E-state index contributed by atoms with van der Waals surface area (Å²) in [6.07, 6.45) is 0.720. The predicted octanol–water partition coefficient (Wildman–Crippen LogP) is 4.35. The number of rotatable bonds is 6. The van der Waals surface area contributed by atoms with Crippen molar-refractivity contribution in [2.75, 3.05) is 12.4 Å². The van der Waals surface area contributed by atoms with Gasteiger partial charge in [0.1, 0.15) is 10.8 Å². The number of hydrogen-bond acceptors (Lipinski definition) is 5. The first-order valence-electron chi connectivity index (χ1n) is 8.05. The van der Waals surface area contributed by atoms with Crippen LogP contribution in [-0.2, 0) is 4.79 Å². The van der Waals surface area contributed by atoms with Crippen molar-refractivity contribution in [2.24, 2.45) is 0 Å². The summed E-state index contributed by atoms with van der Waals surface area (Å²) in [6.45, 7) is 2.00. The quantitative estimate of drug-likeness (QED) is 0.716. The first kappa shape index (κ1) is 17.1. The third-order valence-corrected chi connectivity index (χ3v) is 4.79. The third kappa shape index (κ3) is 4.03. The van der Waals surface area contributed by atoms with E-state index in [1.807, 2.05) is 61.5 Å². The molecule has 1 atom stereocenters. The molecular formula is C19H19N3O2S. The van der Waals surface area contributed by atoms with Gasteiger partial charge in [0.05, 0.1) is 13.0 Å². The van der Waals surface area contributed by atoms with Gasteiger partial charge in [-0.15, -0.1) is 10.2 Å². The van der Waals surface area contributed by atoms with Crippen LogP contribution in [0.3, 0.4) is 0 Å². The molecule has 0 fully saturated rings. The minimum atomic E-state index is -0.203. The molecule has 5 nitrogen and oxygen atoms in total. The van der Waals surface area contributed by atoms with E-state index in [-0.39, 0.29) is 11.8 Å². The van der Waals surface area contributed by atoms with E-state index in [0.29, 0.717) is 5.13 Å². The zero-order valence-electron chi connectivity index (χ0n) is 14.1. The van der Waals surface area contributed by atoms with Crippen LogP contribution < -0.4 is 10.1 Å². The summed E-state index contributed by atoms with van der Waals surface area (Å²) >= 11 is 1.35. The van der Waals surface area contributed by atoms with Crippen LogP contribution in [0, 0.1) is 0 Å². The normalized spacial score (nSPS) is 11.8. The van der Waals surface area contributed by atoms with Gasteiger partial charge in [-0.3, -0.25) is 10.1 Å². The second kappa shape index (κ2) is 7.90. The van der Waals surface area contributed by atoms with Crippen LogP contribution in [0.2, 0.25) is 0 Å². The molecule has 0 aliphatic carbocycles. The largest absolute Gasteiger partial charge is 0.497 e. The smallest absolute Gasteiger partial charge is 0.233 e. The molecule has 0 saturated heterocycles. The van der Waals surface area contributed by atoms with Crippen molar-refractivity contribution >= 4 is 22.4 Å². The van der Waals surface area contributed by atoms with Gasteiger partial charge in [0, 0.05) is 5.56 Å². The second-order valence-electron chi connectivity index (χ2n) is 5.51. The van der Waals surface area contributed by atoms with E-state index < -0.39 is 0 Å². The maximum atomic E-state index is 12.6. The van der Waals surface area contributed by atoms with Crippen LogP contribution in [0.1, 0.15) is 24.8 Å². The molecule has 0 radical (unpaired) electrons. The molecule has 1 heterocycles. The fourth-order valence-corrected chi connectivity index (χ4v) is 3.34. The van der Waals surface area contributed by atoms with Gasteiger partial charge in [0.15, 0.2) is 0 Å². The van der Waals surface area contributed by atoms with E-state index >= 15 is 0 Å². The highest BCUT2D eigenvalue weighted by Crippen LogP contribution is 2.29. The number of methoxy groups -OCH3 is 1. The van der Waals surface area contributed by atoms with Crippen molar-refractivity contribution in [3.8, 4) is 16.3 Å². The molecule has 25 heavy (non-hydrogen) atoms. The second-order valence-corrected chi connectivity index (χ2v) is 6.48. The number of ether oxygens (including phenoxy) is 1. The summed E-state index contributed by atoms with van der Waals surface area (Å²) in [5.74, 6) is 0.487. The Balaban J connectivity index is 1.75. The summed E-state index contributed by atoms with van der Waals surface area (Å²) in [4.78, 5) is 12.6. The molecular weight excluding hydrogens is 334 g/mol. The number of nitrogens with zero attached hydrogens (tertiary/aromatic N) is 2. The molecule has 128 valence electrons. The number of aromatic nitrogens is 2. The lowest BCUT2D eigenvalue weighted by Crippen LogP contribution is -2.20. The van der Waals surface area contributed by atoms with E-state index in [1.165, 1.54) is 11.3 Å². The average molecular weight is 353 g/mol. The Morgan fingerprint density at radius 3 is 2.68 bits per heavy atom. The number of carbonyl (C=O) groups is 1. The van der Waals surface area contributed by atoms with Crippen LogP contribution >= 0.6 is 11.3 Å². The summed E-state index contributed by atoms with van der Waals surface area (Å²) in [5, 5.41) is 12.4. The van der Waals surface area contributed by atoms with E-state index in [2.05, 4.69) is 15.5 Å². The fourth-order valence-electron chi connectivity index (χ4n) is 2.60. The highest BCUT2D eigenvalue weighted by atomic mass is 32.1. The Kier molecular flexibility index (Phi) is 5.40. The van der Waals surface area contributed by atoms with Gasteiger partial charge in [-0.1, -0.05) is 60.7 Å². The molecule has 0 bridgehead atoms. The molecule has 1 aromatic heterocycles. The number of anilines is 1. The van der Waals surface area contributed by atoms with Crippen molar-refractivity contribution in [3.05, 3.63) is 60.2 Å². The zero-order chi connectivity index (χ0) is 17.6.